The minimum atomic E-state index is -1.11. The van der Waals surface area contributed by atoms with Gasteiger partial charge in [-0.3, -0.25) is 24.0 Å². The zero-order chi connectivity index (χ0) is 71.7. The Kier molecular flexibility index (Phi) is 44.0. The zero-order valence-electron chi connectivity index (χ0n) is 56.5. The van der Waals surface area contributed by atoms with E-state index in [1.165, 1.54) is 46.7 Å². The summed E-state index contributed by atoms with van der Waals surface area (Å²) in [5.41, 5.74) is 21.4. The predicted octanol–water partition coefficient (Wildman–Crippen LogP) is -0.409. The molecule has 1 aromatic rings. The van der Waals surface area contributed by atoms with Gasteiger partial charge in [-0.15, -0.1) is 19.0 Å². The first-order chi connectivity index (χ1) is 44.2. The molecular formula is C66H99Cl3N8O19. The van der Waals surface area contributed by atoms with Crippen LogP contribution in [0.1, 0.15) is 80.2 Å². The quantitative estimate of drug-likeness (QED) is 0.0281. The Morgan fingerprint density at radius 1 is 0.771 bits per heavy atom. The van der Waals surface area contributed by atoms with Gasteiger partial charge in [-0.05, 0) is 94.0 Å². The third kappa shape index (κ3) is 30.3. The number of carbonyl (C=O) groups is 8. The SMILES string of the molecule is C=CCNC1=C2C[C@@H](C)C[C@H](OC)[C@H](O)[C@@H](C)/C=C(\C)[C@H](OC(N)=O)[C@@H](OC)/C=C\C=C(/C)C(=O)NC(=CC1=O)C2=O.C=CC[NH2+]c1c(O)cc2c(O)c1C[C@@H](C)C[C@H](OC)[C@H](O)[C@@H](C)/C=C(\C)[C@H](OC(N)=O)[C@@H](OC)/C=C\C=C(/C)C(=O)N2.Cl.NCC(=O)Cl.[Cl-].[NH3+]CC(=O)[O-]. The number of halogens is 3. The van der Waals surface area contributed by atoms with Crippen molar-refractivity contribution >= 4 is 82.2 Å². The lowest BCUT2D eigenvalue weighted by molar-refractivity contribution is -0.562. The van der Waals surface area contributed by atoms with E-state index in [9.17, 15) is 63.9 Å². The molecule has 2 heterocycles. The number of carbonyl (C=O) groups excluding carboxylic acids is 8. The third-order valence-corrected chi connectivity index (χ3v) is 15.1. The number of aliphatic hydroxyl groups excluding tert-OH is 2. The molecule has 4 bridgehead atoms. The van der Waals surface area contributed by atoms with Crippen LogP contribution < -0.4 is 61.7 Å². The van der Waals surface area contributed by atoms with Gasteiger partial charge >= 0.3 is 12.2 Å². The molecular weight excluding hydrogens is 1320 g/mol. The second-order valence-electron chi connectivity index (χ2n) is 22.5. The molecule has 4 amide bonds. The number of hydrogen-bond donors (Lipinski definition) is 12. The number of phenols is 2. The predicted molar refractivity (Wildman–Crippen MR) is 358 cm³/mol. The van der Waals surface area contributed by atoms with Crippen molar-refractivity contribution < 1.29 is 116 Å². The van der Waals surface area contributed by atoms with Crippen molar-refractivity contribution in [3.63, 3.8) is 0 Å². The Labute approximate surface area is 579 Å². The van der Waals surface area contributed by atoms with Gasteiger partial charge < -0.3 is 115 Å². The average molecular weight is 1410 g/mol. The van der Waals surface area contributed by atoms with Gasteiger partial charge in [0.05, 0.1) is 66.1 Å². The molecule has 0 fully saturated rings. The summed E-state index contributed by atoms with van der Waals surface area (Å²) in [7, 11) is 5.88. The smallest absolute Gasteiger partial charge is 0.405 e. The second kappa shape index (κ2) is 46.6. The highest BCUT2D eigenvalue weighted by Crippen LogP contribution is 2.41. The van der Waals surface area contributed by atoms with Gasteiger partial charge in [0.1, 0.15) is 24.5 Å². The van der Waals surface area contributed by atoms with E-state index in [0.29, 0.717) is 53.8 Å². The fourth-order valence-corrected chi connectivity index (χ4v) is 10.0. The van der Waals surface area contributed by atoms with Crippen molar-refractivity contribution in [2.24, 2.45) is 40.9 Å². The number of carboxylic acid groups (broad SMARTS) is 1. The first-order valence-electron chi connectivity index (χ1n) is 30.1. The summed E-state index contributed by atoms with van der Waals surface area (Å²) < 4.78 is 33.2. The first kappa shape index (κ1) is 90.5. The van der Waals surface area contributed by atoms with Gasteiger partial charge in [-0.25, -0.2) is 9.59 Å². The number of amides is 4. The van der Waals surface area contributed by atoms with Crippen LogP contribution in [0.4, 0.5) is 21.0 Å². The molecule has 96 heavy (non-hydrogen) atoms. The number of quaternary nitrogens is 2. The Balaban J connectivity index is 0. The Morgan fingerprint density at radius 3 is 1.59 bits per heavy atom. The maximum Gasteiger partial charge on any atom is 0.405 e. The number of rotatable bonds is 14. The van der Waals surface area contributed by atoms with E-state index in [1.54, 1.807) is 88.5 Å². The molecule has 0 aromatic heterocycles. The minimum Gasteiger partial charge on any atom is -1.00 e. The number of aromatic hydroxyl groups is 2. The Morgan fingerprint density at radius 2 is 1.21 bits per heavy atom. The largest absolute Gasteiger partial charge is 1.00 e. The number of ketones is 2. The lowest BCUT2D eigenvalue weighted by Crippen LogP contribution is -3.00. The van der Waals surface area contributed by atoms with Crippen LogP contribution in [0.15, 0.2) is 125 Å². The van der Waals surface area contributed by atoms with Gasteiger partial charge in [0.2, 0.25) is 16.8 Å². The summed E-state index contributed by atoms with van der Waals surface area (Å²) in [4.78, 5) is 94.7. The normalized spacial score (nSPS) is 27.4. The van der Waals surface area contributed by atoms with E-state index in [0.717, 1.165) is 6.08 Å². The monoisotopic (exact) mass is 1410 g/mol. The number of allylic oxidation sites excluding steroid dienone is 6. The fraction of sp³-hybridized carbons (Fsp3) is 0.485. The number of carboxylic acids is 1. The van der Waals surface area contributed by atoms with Gasteiger partial charge in [-0.2, -0.15) is 0 Å². The van der Waals surface area contributed by atoms with E-state index in [2.05, 4.69) is 40.6 Å². The molecule has 0 spiro atoms. The molecule has 1 aromatic carbocycles. The number of aliphatic carboxylic acids is 1. The third-order valence-electron chi connectivity index (χ3n) is 14.9. The molecule has 0 radical (unpaired) electrons. The van der Waals surface area contributed by atoms with Gasteiger partial charge in [0, 0.05) is 75.7 Å². The van der Waals surface area contributed by atoms with Crippen LogP contribution in [0.2, 0.25) is 0 Å². The molecule has 538 valence electrons. The van der Waals surface area contributed by atoms with Crippen LogP contribution >= 0.6 is 24.0 Å². The van der Waals surface area contributed by atoms with Crippen molar-refractivity contribution in [1.82, 2.24) is 10.6 Å². The van der Waals surface area contributed by atoms with Crippen LogP contribution in [-0.2, 0) is 63.6 Å². The van der Waals surface area contributed by atoms with Gasteiger partial charge in [0.25, 0.3) is 11.8 Å². The molecule has 27 nitrogen and oxygen atoms in total. The maximum absolute atomic E-state index is 13.5. The summed E-state index contributed by atoms with van der Waals surface area (Å²) in [5, 5.41) is 63.3. The number of methoxy groups -OCH3 is 4. The number of hydrogen-bond acceptors (Lipinski definition) is 21. The zero-order valence-corrected chi connectivity index (χ0v) is 58.8. The number of benzene rings is 1. The number of nitrogens with two attached hydrogens (primary N) is 4. The molecule has 30 heteroatoms. The van der Waals surface area contributed by atoms with Gasteiger partial charge in [-0.1, -0.05) is 89.0 Å². The summed E-state index contributed by atoms with van der Waals surface area (Å²) in [5.74, 6) is -4.53. The van der Waals surface area contributed by atoms with E-state index in [1.807, 2.05) is 20.8 Å². The van der Waals surface area contributed by atoms with Gasteiger partial charge in [0.15, 0.2) is 23.6 Å². The van der Waals surface area contributed by atoms with E-state index in [-0.39, 0.29) is 102 Å². The topological polar surface area (TPSA) is 454 Å². The number of phenolic OH excluding ortho intramolecular Hbond substituents is 2. The first-order valence-corrected chi connectivity index (χ1v) is 30.5. The molecule has 3 aliphatic rings. The molecule has 0 saturated heterocycles. The summed E-state index contributed by atoms with van der Waals surface area (Å²) in [6.07, 6.45) is 10.1. The van der Waals surface area contributed by atoms with Crippen LogP contribution in [-0.4, -0.2) is 171 Å². The van der Waals surface area contributed by atoms with Crippen LogP contribution in [0, 0.1) is 23.7 Å². The Bertz CT molecular complexity index is 3060. The van der Waals surface area contributed by atoms with E-state index < -0.39 is 107 Å². The minimum absolute atomic E-state index is 0. The van der Waals surface area contributed by atoms with E-state index >= 15 is 0 Å². The molecule has 2 aliphatic heterocycles. The molecule has 0 unspecified atom stereocenters. The highest BCUT2D eigenvalue weighted by atomic mass is 35.5. The molecule has 1 aliphatic carbocycles. The van der Waals surface area contributed by atoms with Crippen molar-refractivity contribution in [2.75, 3.05) is 59.9 Å². The standard InChI is InChI=1S/C31H45N3O8.C31H43N3O8.C2H4ClNO.C2H5NO2.2ClH/c2*1-8-12-33-26-21-13-17(2)14-25(41-7)27(36)19(4)15-20(5)29(42-31(32)39)24(40-6)11-9-10-18(3)30(38)34-22(28(21)37)16-23(26)35;3-2(5)1-4;3-1-2(4)5;;/h8-11,15-17,19,24-25,27,29,33,35-37H,1,12-14H2,2-7H3,(H2,32,39)(H,34,38);8-11,15-17,19,24-25,27,29,33,36H,1,12-14H2,2-7H3,(H2,32,39)(H,34,38);1,4H2;1,3H2,(H,4,5);2*1H/b2*11-9-,18-10+,20-15+;;;;/t2*17-,19+,24+,25+,27-,29+;;;;/m11..../s1. The number of aliphatic hydroxyl groups is 2. The number of Topliss-reactive ketones (excluding diaryl/α,β-unsaturated/α-hetero) is 1. The summed E-state index contributed by atoms with van der Waals surface area (Å²) >= 11 is 4.70. The highest BCUT2D eigenvalue weighted by Gasteiger charge is 2.35. The average Bonchev–Trinajstić information content (AvgIpc) is 0.842. The lowest BCUT2D eigenvalue weighted by Gasteiger charge is -2.30. The fourth-order valence-electron chi connectivity index (χ4n) is 10.0. The van der Waals surface area contributed by atoms with Crippen molar-refractivity contribution in [2.45, 2.75) is 130 Å². The highest BCUT2D eigenvalue weighted by molar-refractivity contribution is 6.64. The second-order valence-corrected chi connectivity index (χ2v) is 22.9. The Hall–Kier alpha value is -7.51. The van der Waals surface area contributed by atoms with Crippen LogP contribution in [0.5, 0.6) is 11.5 Å². The van der Waals surface area contributed by atoms with E-state index in [4.69, 9.17) is 51.5 Å². The number of primary amides is 2. The number of nitrogens with one attached hydrogen (secondary N) is 3. The summed E-state index contributed by atoms with van der Waals surface area (Å²) in [6.45, 7) is 22.0. The number of fused-ring (bicyclic) bond motifs is 4. The number of ether oxygens (including phenoxy) is 6. The molecule has 0 saturated carbocycles. The maximum atomic E-state index is 13.5. The number of anilines is 1. The van der Waals surface area contributed by atoms with Crippen molar-refractivity contribution in [3.05, 3.63) is 131 Å². The lowest BCUT2D eigenvalue weighted by atomic mass is 9.85. The van der Waals surface area contributed by atoms with Crippen molar-refractivity contribution in [3.8, 4) is 11.5 Å². The van der Waals surface area contributed by atoms with Crippen LogP contribution in [0.25, 0.3) is 0 Å². The summed E-state index contributed by atoms with van der Waals surface area (Å²) in [6, 6.07) is 1.31. The molecule has 12 atom stereocenters. The van der Waals surface area contributed by atoms with Crippen molar-refractivity contribution in [1.29, 1.82) is 0 Å². The van der Waals surface area contributed by atoms with Crippen LogP contribution in [0.3, 0.4) is 0 Å². The molecule has 4 rings (SSSR count). The molecule has 18 N–H and O–H groups in total.